The van der Waals surface area contributed by atoms with Gasteiger partial charge >= 0.3 is 0 Å². The number of hydrogen-bond donors (Lipinski definition) is 0. The standard InChI is InChI=1S/C58H42/c1-57(2)53-31-35(21-25-47(53)49-27-23-39(33-55(49)57)51-29-37-13-5-7-15-41(37)43-17-9-11-19-45(43)51)36-22-26-48-50-28-24-40(34-56(50)58(3,4)54(48)32-36)52-30-38-14-6-8-16-42(38)44-18-10-12-20-46(44)52/h5-34H,1-4H3. The van der Waals surface area contributed by atoms with Crippen molar-refractivity contribution in [2.24, 2.45) is 0 Å². The quantitative estimate of drug-likeness (QED) is 0.158. The lowest BCUT2D eigenvalue weighted by molar-refractivity contribution is 0.660. The molecule has 0 radical (unpaired) electrons. The van der Waals surface area contributed by atoms with Gasteiger partial charge in [0, 0.05) is 10.8 Å². The van der Waals surface area contributed by atoms with Crippen molar-refractivity contribution in [3.63, 3.8) is 0 Å². The van der Waals surface area contributed by atoms with E-state index in [1.165, 1.54) is 121 Å². The van der Waals surface area contributed by atoms with Gasteiger partial charge in [0.1, 0.15) is 0 Å². The molecule has 0 N–H and O–H groups in total. The first-order chi connectivity index (χ1) is 28.3. The van der Waals surface area contributed by atoms with Crippen molar-refractivity contribution in [3.8, 4) is 55.6 Å². The van der Waals surface area contributed by atoms with Gasteiger partial charge in [-0.15, -0.1) is 0 Å². The molecule has 2 aliphatic carbocycles. The molecule has 12 rings (SSSR count). The van der Waals surface area contributed by atoms with Crippen LogP contribution < -0.4 is 0 Å². The Morgan fingerprint density at radius 2 is 0.534 bits per heavy atom. The molecule has 0 spiro atoms. The summed E-state index contributed by atoms with van der Waals surface area (Å²) in [4.78, 5) is 0. The lowest BCUT2D eigenvalue weighted by Gasteiger charge is -2.24. The van der Waals surface area contributed by atoms with Crippen LogP contribution in [0, 0.1) is 0 Å². The van der Waals surface area contributed by atoms with E-state index in [2.05, 4.69) is 210 Å². The van der Waals surface area contributed by atoms with Crippen molar-refractivity contribution in [1.29, 1.82) is 0 Å². The molecule has 10 aromatic carbocycles. The van der Waals surface area contributed by atoms with Crippen LogP contribution in [0.1, 0.15) is 49.9 Å². The Labute approximate surface area is 340 Å². The van der Waals surface area contributed by atoms with Crippen molar-refractivity contribution in [1.82, 2.24) is 0 Å². The predicted molar refractivity (Wildman–Crippen MR) is 248 cm³/mol. The number of rotatable bonds is 3. The average molecular weight is 739 g/mol. The third-order valence-corrected chi connectivity index (χ3v) is 13.8. The van der Waals surface area contributed by atoms with Crippen LogP contribution in [0.25, 0.3) is 98.7 Å². The molecule has 0 bridgehead atoms. The van der Waals surface area contributed by atoms with Gasteiger partial charge in [-0.1, -0.05) is 173 Å². The summed E-state index contributed by atoms with van der Waals surface area (Å²) in [5.74, 6) is 0. The van der Waals surface area contributed by atoms with E-state index < -0.39 is 0 Å². The fraction of sp³-hybridized carbons (Fsp3) is 0.103. The van der Waals surface area contributed by atoms with Crippen LogP contribution in [-0.2, 0) is 10.8 Å². The molecular formula is C58H42. The van der Waals surface area contributed by atoms with Crippen LogP contribution in [-0.4, -0.2) is 0 Å². The first-order valence-electron chi connectivity index (χ1n) is 20.7. The second-order valence-electron chi connectivity index (χ2n) is 17.7. The van der Waals surface area contributed by atoms with Gasteiger partial charge in [0.2, 0.25) is 0 Å². The molecule has 58 heavy (non-hydrogen) atoms. The third-order valence-electron chi connectivity index (χ3n) is 13.8. The van der Waals surface area contributed by atoms with E-state index in [-0.39, 0.29) is 10.8 Å². The lowest BCUT2D eigenvalue weighted by atomic mass is 9.79. The summed E-state index contributed by atoms with van der Waals surface area (Å²) in [6.45, 7) is 9.62. The highest BCUT2D eigenvalue weighted by molar-refractivity contribution is 6.15. The fourth-order valence-corrected chi connectivity index (χ4v) is 10.8. The normalized spacial score (nSPS) is 14.5. The Hall–Kier alpha value is -6.76. The van der Waals surface area contributed by atoms with Gasteiger partial charge in [0.15, 0.2) is 0 Å². The molecule has 0 atom stereocenters. The molecule has 2 aliphatic rings. The summed E-state index contributed by atoms with van der Waals surface area (Å²) in [5.41, 5.74) is 18.4. The van der Waals surface area contributed by atoms with E-state index in [1.807, 2.05) is 0 Å². The molecule has 0 amide bonds. The third kappa shape index (κ3) is 4.63. The zero-order valence-electron chi connectivity index (χ0n) is 33.3. The second-order valence-corrected chi connectivity index (χ2v) is 17.7. The van der Waals surface area contributed by atoms with E-state index in [0.29, 0.717) is 0 Å². The van der Waals surface area contributed by atoms with Crippen molar-refractivity contribution < 1.29 is 0 Å². The highest BCUT2D eigenvalue weighted by Gasteiger charge is 2.38. The van der Waals surface area contributed by atoms with Crippen LogP contribution in [0.5, 0.6) is 0 Å². The van der Waals surface area contributed by atoms with Gasteiger partial charge in [-0.3, -0.25) is 0 Å². The van der Waals surface area contributed by atoms with Crippen LogP contribution in [0.3, 0.4) is 0 Å². The summed E-state index contributed by atoms with van der Waals surface area (Å²) < 4.78 is 0. The summed E-state index contributed by atoms with van der Waals surface area (Å²) in [7, 11) is 0. The molecule has 0 unspecified atom stereocenters. The maximum Gasteiger partial charge on any atom is 0.0159 e. The molecule has 0 aliphatic heterocycles. The van der Waals surface area contributed by atoms with Crippen LogP contribution in [0.2, 0.25) is 0 Å². The molecule has 0 saturated heterocycles. The first-order valence-corrected chi connectivity index (χ1v) is 20.7. The van der Waals surface area contributed by atoms with Gasteiger partial charge in [-0.05, 0) is 157 Å². The molecule has 0 heteroatoms. The smallest absolute Gasteiger partial charge is 0.0159 e. The molecule has 0 nitrogen and oxygen atoms in total. The maximum atomic E-state index is 2.47. The second kappa shape index (κ2) is 11.9. The van der Waals surface area contributed by atoms with Crippen LogP contribution in [0.15, 0.2) is 182 Å². The van der Waals surface area contributed by atoms with Crippen LogP contribution >= 0.6 is 0 Å². The van der Waals surface area contributed by atoms with E-state index in [0.717, 1.165) is 0 Å². The monoisotopic (exact) mass is 738 g/mol. The molecule has 0 fully saturated rings. The van der Waals surface area contributed by atoms with Gasteiger partial charge in [-0.2, -0.15) is 0 Å². The van der Waals surface area contributed by atoms with Gasteiger partial charge in [0.05, 0.1) is 0 Å². The Bertz CT molecular complexity index is 3160. The average Bonchev–Trinajstić information content (AvgIpc) is 3.63. The van der Waals surface area contributed by atoms with Crippen molar-refractivity contribution >= 4 is 43.1 Å². The van der Waals surface area contributed by atoms with Crippen molar-refractivity contribution in [2.45, 2.75) is 38.5 Å². The highest BCUT2D eigenvalue weighted by Crippen LogP contribution is 2.54. The summed E-state index contributed by atoms with van der Waals surface area (Å²) >= 11 is 0. The van der Waals surface area contributed by atoms with E-state index in [9.17, 15) is 0 Å². The van der Waals surface area contributed by atoms with E-state index >= 15 is 0 Å². The molecule has 0 heterocycles. The van der Waals surface area contributed by atoms with Gasteiger partial charge in [0.25, 0.3) is 0 Å². The van der Waals surface area contributed by atoms with E-state index in [4.69, 9.17) is 0 Å². The SMILES string of the molecule is CC1(C)c2cc(-c3ccc4c(c3)C(C)(C)c3cc(-c5cc6ccccc6c6ccccc56)ccc3-4)ccc2-c2ccc(-c3cc4ccccc4c4ccccc34)cc21. The van der Waals surface area contributed by atoms with Crippen molar-refractivity contribution in [2.75, 3.05) is 0 Å². The molecule has 274 valence electrons. The summed E-state index contributed by atoms with van der Waals surface area (Å²) in [6.07, 6.45) is 0. The molecular weight excluding hydrogens is 697 g/mol. The number of hydrogen-bond acceptors (Lipinski definition) is 0. The summed E-state index contributed by atoms with van der Waals surface area (Å²) in [6, 6.07) is 68.7. The summed E-state index contributed by atoms with van der Waals surface area (Å²) in [5, 5.41) is 10.4. The Balaban J connectivity index is 0.917. The highest BCUT2D eigenvalue weighted by atomic mass is 14.4. The molecule has 0 aromatic heterocycles. The van der Waals surface area contributed by atoms with E-state index in [1.54, 1.807) is 0 Å². The molecule has 0 saturated carbocycles. The minimum absolute atomic E-state index is 0.140. The molecule has 10 aromatic rings. The Morgan fingerprint density at radius 3 is 0.914 bits per heavy atom. The zero-order valence-corrected chi connectivity index (χ0v) is 33.3. The fourth-order valence-electron chi connectivity index (χ4n) is 10.8. The minimum atomic E-state index is -0.140. The number of benzene rings is 10. The predicted octanol–water partition coefficient (Wildman–Crippen LogP) is 15.9. The largest absolute Gasteiger partial charge is 0.0616 e. The first kappa shape index (κ1) is 33.4. The zero-order chi connectivity index (χ0) is 38.9. The number of fused-ring (bicyclic) bond motifs is 12. The lowest BCUT2D eigenvalue weighted by Crippen LogP contribution is -2.15. The Morgan fingerprint density at radius 1 is 0.241 bits per heavy atom. The maximum absolute atomic E-state index is 2.47. The Kier molecular flexibility index (Phi) is 6.84. The van der Waals surface area contributed by atoms with Gasteiger partial charge in [-0.25, -0.2) is 0 Å². The van der Waals surface area contributed by atoms with Crippen LogP contribution in [0.4, 0.5) is 0 Å². The van der Waals surface area contributed by atoms with Gasteiger partial charge < -0.3 is 0 Å². The minimum Gasteiger partial charge on any atom is -0.0616 e. The van der Waals surface area contributed by atoms with Crippen molar-refractivity contribution in [3.05, 3.63) is 204 Å². The topological polar surface area (TPSA) is 0 Å².